The van der Waals surface area contributed by atoms with E-state index in [4.69, 9.17) is 34.8 Å². The highest BCUT2D eigenvalue weighted by Gasteiger charge is 2.33. The Hall–Kier alpha value is -1.51. The van der Waals surface area contributed by atoms with E-state index in [-0.39, 0.29) is 46.5 Å². The SMILES string of the molecule is C[N+](C)(CC(=O)c1ccc(Cl)c(Cl)c1)CC([O-])=Nc1ccc(Cl)c(C(F)(F)F)c1.Cl. The lowest BCUT2D eigenvalue weighted by atomic mass is 10.1. The van der Waals surface area contributed by atoms with Gasteiger partial charge in [0.05, 0.1) is 40.4 Å². The first-order valence-corrected chi connectivity index (χ1v) is 9.33. The van der Waals surface area contributed by atoms with Crippen molar-refractivity contribution in [3.05, 3.63) is 62.6 Å². The highest BCUT2D eigenvalue weighted by Crippen LogP contribution is 2.36. The number of halogens is 7. The van der Waals surface area contributed by atoms with E-state index in [1.54, 1.807) is 14.1 Å². The molecule has 0 aliphatic rings. The molecule has 0 amide bonds. The normalized spacial score (nSPS) is 12.5. The number of carbonyl (C=O) groups is 1. The fourth-order valence-corrected chi connectivity index (χ4v) is 3.07. The molecule has 2 rings (SSSR count). The summed E-state index contributed by atoms with van der Waals surface area (Å²) in [5.41, 5.74) is -0.901. The third-order valence-electron chi connectivity index (χ3n) is 3.89. The van der Waals surface area contributed by atoms with E-state index in [1.807, 2.05) is 0 Å². The number of carbonyl (C=O) groups excluding carboxylic acids is 1. The Balaban J connectivity index is 0.00000450. The molecule has 2 aromatic rings. The summed E-state index contributed by atoms with van der Waals surface area (Å²) in [6.45, 7) is -0.245. The van der Waals surface area contributed by atoms with Crippen molar-refractivity contribution in [3.63, 3.8) is 0 Å². The van der Waals surface area contributed by atoms with Crippen LogP contribution in [-0.4, -0.2) is 43.3 Å². The van der Waals surface area contributed by atoms with Crippen molar-refractivity contribution < 1.29 is 27.6 Å². The predicted molar refractivity (Wildman–Crippen MR) is 113 cm³/mol. The Morgan fingerprint density at radius 3 is 2.17 bits per heavy atom. The van der Waals surface area contributed by atoms with E-state index in [0.29, 0.717) is 16.7 Å². The van der Waals surface area contributed by atoms with Gasteiger partial charge in [-0.1, -0.05) is 34.8 Å². The summed E-state index contributed by atoms with van der Waals surface area (Å²) in [6.07, 6.45) is -4.66. The number of ketones is 1. The van der Waals surface area contributed by atoms with Gasteiger partial charge >= 0.3 is 6.18 Å². The number of Topliss-reactive ketones (excluding diaryl/α,β-unsaturated/α-hetero) is 1. The molecule has 164 valence electrons. The largest absolute Gasteiger partial charge is 0.858 e. The van der Waals surface area contributed by atoms with E-state index in [0.717, 1.165) is 6.07 Å². The number of alkyl halides is 3. The highest BCUT2D eigenvalue weighted by atomic mass is 35.5. The van der Waals surface area contributed by atoms with Gasteiger partial charge < -0.3 is 9.59 Å². The molecule has 0 aliphatic heterocycles. The number of aliphatic imine (C=N–C) groups is 1. The summed E-state index contributed by atoms with van der Waals surface area (Å²) >= 11 is 17.3. The third-order valence-corrected chi connectivity index (χ3v) is 4.95. The summed E-state index contributed by atoms with van der Waals surface area (Å²) in [4.78, 5) is 16.2. The number of hydrogen-bond acceptors (Lipinski definition) is 3. The number of hydrogen-bond donors (Lipinski definition) is 0. The third kappa shape index (κ3) is 7.32. The molecular weight excluding hydrogens is 487 g/mol. The number of benzene rings is 2. The second-order valence-corrected chi connectivity index (χ2v) is 8.19. The van der Waals surface area contributed by atoms with Crippen LogP contribution in [-0.2, 0) is 6.18 Å². The monoisotopic (exact) mass is 502 g/mol. The lowest BCUT2D eigenvalue weighted by Gasteiger charge is -2.31. The van der Waals surface area contributed by atoms with Gasteiger partial charge in [-0.05, 0) is 36.4 Å². The van der Waals surface area contributed by atoms with Crippen LogP contribution in [0.5, 0.6) is 0 Å². The Kier molecular flexibility index (Phi) is 9.02. The summed E-state index contributed by atoms with van der Waals surface area (Å²) in [5.74, 6) is -0.945. The van der Waals surface area contributed by atoms with E-state index in [9.17, 15) is 23.1 Å². The second kappa shape index (κ2) is 10.2. The van der Waals surface area contributed by atoms with Gasteiger partial charge in [0.2, 0.25) is 5.78 Å². The van der Waals surface area contributed by atoms with Crippen LogP contribution < -0.4 is 5.11 Å². The second-order valence-electron chi connectivity index (χ2n) is 6.97. The molecule has 0 N–H and O–H groups in total. The Morgan fingerprint density at radius 1 is 1.00 bits per heavy atom. The molecule has 0 saturated heterocycles. The number of quaternary nitrogens is 1. The minimum atomic E-state index is -4.66. The molecule has 0 radical (unpaired) electrons. The number of likely N-dealkylation sites (N-methyl/N-ethyl adjacent to an activating group) is 1. The molecule has 0 bridgehead atoms. The van der Waals surface area contributed by atoms with Crippen LogP contribution >= 0.6 is 47.2 Å². The first kappa shape index (κ1) is 26.5. The predicted octanol–water partition coefficient (Wildman–Crippen LogP) is 5.44. The van der Waals surface area contributed by atoms with Gasteiger partial charge in [-0.2, -0.15) is 13.2 Å². The summed E-state index contributed by atoms with van der Waals surface area (Å²) in [6, 6.07) is 7.41. The summed E-state index contributed by atoms with van der Waals surface area (Å²) in [5, 5.41) is 12.3. The van der Waals surface area contributed by atoms with Gasteiger partial charge in [-0.15, -0.1) is 12.4 Å². The lowest BCUT2D eigenvalue weighted by molar-refractivity contribution is -0.874. The van der Waals surface area contributed by atoms with Crippen LogP contribution in [0.4, 0.5) is 18.9 Å². The van der Waals surface area contributed by atoms with Crippen LogP contribution in [0, 0.1) is 0 Å². The number of nitrogens with zero attached hydrogens (tertiary/aromatic N) is 2. The van der Waals surface area contributed by atoms with Crippen molar-refractivity contribution in [1.82, 2.24) is 0 Å². The van der Waals surface area contributed by atoms with Crippen molar-refractivity contribution in [2.75, 3.05) is 27.2 Å². The van der Waals surface area contributed by atoms with Crippen molar-refractivity contribution >= 4 is 64.6 Å². The maximum atomic E-state index is 12.9. The van der Waals surface area contributed by atoms with E-state index >= 15 is 0 Å². The van der Waals surface area contributed by atoms with E-state index in [2.05, 4.69) is 4.99 Å². The van der Waals surface area contributed by atoms with Crippen molar-refractivity contribution in [1.29, 1.82) is 0 Å². The van der Waals surface area contributed by atoms with Crippen LogP contribution in [0.2, 0.25) is 15.1 Å². The van der Waals surface area contributed by atoms with Gasteiger partial charge in [-0.3, -0.25) is 9.79 Å². The molecule has 0 atom stereocenters. The fraction of sp³-hybridized carbons (Fsp3) is 0.263. The standard InChI is InChI=1S/C19H16Cl3F3N2O2.ClH/c1-27(2,9-17(28)11-3-5-15(21)16(22)7-11)10-18(29)26-12-4-6-14(20)13(8-12)19(23,24)25;/h3-8H,9-10H2,1-2H3;1H. The summed E-state index contributed by atoms with van der Waals surface area (Å²) < 4.78 is 38.7. The molecule has 0 fully saturated rings. The maximum absolute atomic E-state index is 12.9. The topological polar surface area (TPSA) is 52.5 Å². The molecule has 0 heterocycles. The molecule has 0 aromatic heterocycles. The Morgan fingerprint density at radius 2 is 1.60 bits per heavy atom. The van der Waals surface area contributed by atoms with Crippen molar-refractivity contribution in [2.24, 2.45) is 4.99 Å². The minimum absolute atomic E-state index is 0. The average Bonchev–Trinajstić information content (AvgIpc) is 2.56. The van der Waals surface area contributed by atoms with Crippen LogP contribution in [0.25, 0.3) is 0 Å². The maximum Gasteiger partial charge on any atom is 0.417 e. The van der Waals surface area contributed by atoms with Crippen LogP contribution in [0.1, 0.15) is 15.9 Å². The first-order valence-electron chi connectivity index (χ1n) is 8.20. The first-order chi connectivity index (χ1) is 13.3. The molecule has 0 aliphatic carbocycles. The molecule has 0 saturated carbocycles. The smallest absolute Gasteiger partial charge is 0.417 e. The van der Waals surface area contributed by atoms with Crippen molar-refractivity contribution in [2.45, 2.75) is 6.18 Å². The molecule has 11 heteroatoms. The quantitative estimate of drug-likeness (QED) is 0.228. The lowest BCUT2D eigenvalue weighted by Crippen LogP contribution is -2.49. The zero-order chi connectivity index (χ0) is 22.0. The molecular formula is C19H17Cl4F3N2O2. The van der Waals surface area contributed by atoms with E-state index in [1.165, 1.54) is 24.3 Å². The van der Waals surface area contributed by atoms with Gasteiger partial charge in [0, 0.05) is 11.5 Å². The Labute approximate surface area is 192 Å². The molecule has 0 unspecified atom stereocenters. The van der Waals surface area contributed by atoms with Crippen LogP contribution in [0.15, 0.2) is 41.4 Å². The zero-order valence-corrected chi connectivity index (χ0v) is 18.8. The molecule has 30 heavy (non-hydrogen) atoms. The van der Waals surface area contributed by atoms with Gasteiger partial charge in [-0.25, -0.2) is 0 Å². The minimum Gasteiger partial charge on any atom is -0.858 e. The average molecular weight is 504 g/mol. The Bertz CT molecular complexity index is 963. The molecule has 2 aromatic carbocycles. The van der Waals surface area contributed by atoms with Gasteiger partial charge in [0.15, 0.2) is 0 Å². The van der Waals surface area contributed by atoms with Crippen molar-refractivity contribution in [3.8, 4) is 0 Å². The fourth-order valence-electron chi connectivity index (χ4n) is 2.55. The molecule has 4 nitrogen and oxygen atoms in total. The number of rotatable bonds is 6. The van der Waals surface area contributed by atoms with Gasteiger partial charge in [0.1, 0.15) is 13.1 Å². The molecule has 0 spiro atoms. The van der Waals surface area contributed by atoms with Crippen LogP contribution in [0.3, 0.4) is 0 Å². The van der Waals surface area contributed by atoms with Gasteiger partial charge in [0.25, 0.3) is 0 Å². The zero-order valence-electron chi connectivity index (χ0n) is 15.8. The highest BCUT2D eigenvalue weighted by molar-refractivity contribution is 6.42. The summed E-state index contributed by atoms with van der Waals surface area (Å²) in [7, 11) is 3.26. The van der Waals surface area contributed by atoms with E-state index < -0.39 is 22.7 Å².